The lowest BCUT2D eigenvalue weighted by molar-refractivity contribution is 0.0600. The topological polar surface area (TPSA) is 72.5 Å². The van der Waals surface area contributed by atoms with Crippen LogP contribution >= 0.6 is 11.8 Å². The van der Waals surface area contributed by atoms with Gasteiger partial charge < -0.3 is 4.74 Å². The van der Waals surface area contributed by atoms with Gasteiger partial charge >= 0.3 is 5.97 Å². The zero-order chi connectivity index (χ0) is 24.0. The molecule has 1 aliphatic rings. The van der Waals surface area contributed by atoms with Gasteiger partial charge in [-0.2, -0.15) is 0 Å². The fourth-order valence-electron chi connectivity index (χ4n) is 3.77. The number of carbonyl (C=O) groups excluding carboxylic acids is 1. The molecule has 0 radical (unpaired) electrons. The Morgan fingerprint density at radius 3 is 2.44 bits per heavy atom. The number of benzene rings is 3. The Hall–Kier alpha value is -3.13. The number of nitrogens with one attached hydrogen (secondary N) is 1. The molecule has 0 fully saturated rings. The van der Waals surface area contributed by atoms with Crippen LogP contribution in [-0.4, -0.2) is 33.8 Å². The van der Waals surface area contributed by atoms with Crippen LogP contribution in [0, 0.1) is 0 Å². The Labute approximate surface area is 204 Å². The van der Waals surface area contributed by atoms with Crippen molar-refractivity contribution in [1.82, 2.24) is 4.72 Å². The predicted octanol–water partition coefficient (Wildman–Crippen LogP) is 5.37. The maximum atomic E-state index is 12.4. The van der Waals surface area contributed by atoms with Crippen LogP contribution in [0.2, 0.25) is 0 Å². The highest BCUT2D eigenvalue weighted by Gasteiger charge is 2.23. The van der Waals surface area contributed by atoms with E-state index in [-0.39, 0.29) is 17.8 Å². The third kappa shape index (κ3) is 5.86. The lowest BCUT2D eigenvalue weighted by Crippen LogP contribution is -2.24. The van der Waals surface area contributed by atoms with E-state index in [4.69, 9.17) is 4.74 Å². The first-order valence-corrected chi connectivity index (χ1v) is 13.4. The maximum Gasteiger partial charge on any atom is 0.337 e. The summed E-state index contributed by atoms with van der Waals surface area (Å²) in [7, 11) is -2.18. The van der Waals surface area contributed by atoms with Crippen LogP contribution in [0.1, 0.15) is 43.4 Å². The van der Waals surface area contributed by atoms with Crippen molar-refractivity contribution in [3.8, 4) is 0 Å². The van der Waals surface area contributed by atoms with Crippen molar-refractivity contribution in [2.24, 2.45) is 0 Å². The molecule has 0 aliphatic heterocycles. The van der Waals surface area contributed by atoms with Crippen molar-refractivity contribution in [3.05, 3.63) is 112 Å². The largest absolute Gasteiger partial charge is 0.465 e. The molecule has 1 N–H and O–H groups in total. The molecule has 34 heavy (non-hydrogen) atoms. The molecule has 1 unspecified atom stereocenters. The average molecular weight is 492 g/mol. The summed E-state index contributed by atoms with van der Waals surface area (Å²) in [5.74, 6) is 0.172. The lowest BCUT2D eigenvalue weighted by atomic mass is 9.97. The molecule has 4 rings (SSSR count). The van der Waals surface area contributed by atoms with E-state index in [1.54, 1.807) is 23.9 Å². The molecule has 1 atom stereocenters. The lowest BCUT2D eigenvalue weighted by Gasteiger charge is -2.21. The molecule has 0 aromatic heterocycles. The maximum absolute atomic E-state index is 12.4. The van der Waals surface area contributed by atoms with Crippen molar-refractivity contribution in [3.63, 3.8) is 0 Å². The quantitative estimate of drug-likeness (QED) is 0.339. The zero-order valence-electron chi connectivity index (χ0n) is 18.7. The van der Waals surface area contributed by atoms with Crippen LogP contribution in [-0.2, 0) is 14.8 Å². The van der Waals surface area contributed by atoms with Gasteiger partial charge in [0.05, 0.1) is 17.9 Å². The van der Waals surface area contributed by atoms with Gasteiger partial charge in [-0.25, -0.2) is 17.9 Å². The van der Waals surface area contributed by atoms with Gasteiger partial charge in [0.25, 0.3) is 0 Å². The standard InChI is InChI=1S/C27H25NO4S2/c1-32-27(29)23-14-13-22-12-11-21-9-5-6-10-24(21)26(25(22)19-23)33-17-16-28-34(30,31)18-15-20-7-3-2-4-8-20/h2-15,18-19,26,28H,16-17H2,1H3. The van der Waals surface area contributed by atoms with Crippen molar-refractivity contribution >= 4 is 46.0 Å². The molecule has 0 heterocycles. The number of rotatable bonds is 8. The number of fused-ring (bicyclic) bond motifs is 2. The van der Waals surface area contributed by atoms with Gasteiger partial charge in [0, 0.05) is 17.7 Å². The summed E-state index contributed by atoms with van der Waals surface area (Å²) in [6.45, 7) is 0.282. The fraction of sp³-hybridized carbons (Fsp3) is 0.148. The van der Waals surface area contributed by atoms with Gasteiger partial charge in [-0.05, 0) is 46.0 Å². The second-order valence-corrected chi connectivity index (χ2v) is 10.6. The van der Waals surface area contributed by atoms with Crippen LogP contribution in [0.3, 0.4) is 0 Å². The number of hydrogen-bond donors (Lipinski definition) is 1. The average Bonchev–Trinajstić information content (AvgIpc) is 3.02. The molecule has 0 saturated heterocycles. The van der Waals surface area contributed by atoms with Crippen LogP contribution in [0.4, 0.5) is 0 Å². The first-order valence-electron chi connectivity index (χ1n) is 10.8. The summed E-state index contributed by atoms with van der Waals surface area (Å²) in [5, 5.41) is 1.13. The number of methoxy groups -OCH3 is 1. The van der Waals surface area contributed by atoms with Crippen LogP contribution in [0.15, 0.2) is 78.2 Å². The van der Waals surface area contributed by atoms with Crippen LogP contribution in [0.5, 0.6) is 0 Å². The highest BCUT2D eigenvalue weighted by atomic mass is 32.2. The summed E-state index contributed by atoms with van der Waals surface area (Å²) in [4.78, 5) is 12.1. The summed E-state index contributed by atoms with van der Waals surface area (Å²) in [5.41, 5.74) is 5.56. The number of sulfonamides is 1. The van der Waals surface area contributed by atoms with Crippen molar-refractivity contribution in [2.75, 3.05) is 19.4 Å². The van der Waals surface area contributed by atoms with E-state index in [1.807, 2.05) is 60.7 Å². The third-order valence-corrected chi connectivity index (χ3v) is 7.82. The van der Waals surface area contributed by atoms with E-state index in [9.17, 15) is 13.2 Å². The Balaban J connectivity index is 1.50. The Morgan fingerprint density at radius 2 is 1.68 bits per heavy atom. The number of thioether (sulfide) groups is 1. The number of hydrogen-bond acceptors (Lipinski definition) is 5. The number of carbonyl (C=O) groups is 1. The molecular weight excluding hydrogens is 466 g/mol. The Bertz CT molecular complexity index is 1330. The normalized spacial score (nSPS) is 14.9. The highest BCUT2D eigenvalue weighted by molar-refractivity contribution is 7.99. The zero-order valence-corrected chi connectivity index (χ0v) is 20.3. The molecule has 5 nitrogen and oxygen atoms in total. The summed E-state index contributed by atoms with van der Waals surface area (Å²) < 4.78 is 32.3. The minimum Gasteiger partial charge on any atom is -0.465 e. The summed E-state index contributed by atoms with van der Waals surface area (Å²) >= 11 is 1.64. The second kappa shape index (κ2) is 10.9. The molecule has 0 saturated carbocycles. The van der Waals surface area contributed by atoms with Gasteiger partial charge in [-0.1, -0.05) is 72.8 Å². The van der Waals surface area contributed by atoms with Crippen molar-refractivity contribution in [2.45, 2.75) is 5.25 Å². The molecule has 174 valence electrons. The molecule has 7 heteroatoms. The van der Waals surface area contributed by atoms with Gasteiger partial charge in [-0.3, -0.25) is 0 Å². The first-order chi connectivity index (χ1) is 16.5. The van der Waals surface area contributed by atoms with E-state index in [0.29, 0.717) is 11.3 Å². The molecule has 0 amide bonds. The molecule has 0 spiro atoms. The molecule has 0 bridgehead atoms. The van der Waals surface area contributed by atoms with E-state index in [0.717, 1.165) is 27.8 Å². The molecular formula is C27H25NO4S2. The van der Waals surface area contributed by atoms with Gasteiger partial charge in [-0.15, -0.1) is 11.8 Å². The predicted molar refractivity (Wildman–Crippen MR) is 140 cm³/mol. The monoisotopic (exact) mass is 491 g/mol. The Kier molecular flexibility index (Phi) is 7.67. The summed E-state index contributed by atoms with van der Waals surface area (Å²) in [6, 6.07) is 23.0. The van der Waals surface area contributed by atoms with Gasteiger partial charge in [0.15, 0.2) is 0 Å². The van der Waals surface area contributed by atoms with E-state index in [1.165, 1.54) is 12.5 Å². The third-order valence-electron chi connectivity index (χ3n) is 5.44. The number of ether oxygens (including phenoxy) is 1. The highest BCUT2D eigenvalue weighted by Crippen LogP contribution is 2.42. The second-order valence-electron chi connectivity index (χ2n) is 7.70. The fourth-order valence-corrected chi connectivity index (χ4v) is 5.95. The van der Waals surface area contributed by atoms with Crippen LogP contribution < -0.4 is 4.72 Å². The minimum absolute atomic E-state index is 0.0600. The molecule has 3 aromatic rings. The SMILES string of the molecule is COC(=O)c1ccc2c(c1)C(SCCNS(=O)(=O)C=Cc1ccccc1)c1ccccc1C=C2. The van der Waals surface area contributed by atoms with Crippen LogP contribution in [0.25, 0.3) is 18.2 Å². The minimum atomic E-state index is -3.55. The molecule has 3 aromatic carbocycles. The smallest absolute Gasteiger partial charge is 0.337 e. The van der Waals surface area contributed by atoms with E-state index in [2.05, 4.69) is 22.9 Å². The van der Waals surface area contributed by atoms with E-state index < -0.39 is 10.0 Å². The first kappa shape index (κ1) is 24.0. The Morgan fingerprint density at radius 1 is 0.971 bits per heavy atom. The summed E-state index contributed by atoms with van der Waals surface area (Å²) in [6.07, 6.45) is 5.70. The van der Waals surface area contributed by atoms with Gasteiger partial charge in [0.1, 0.15) is 0 Å². The molecule has 1 aliphatic carbocycles. The van der Waals surface area contributed by atoms with Crippen molar-refractivity contribution in [1.29, 1.82) is 0 Å². The van der Waals surface area contributed by atoms with Gasteiger partial charge in [0.2, 0.25) is 10.0 Å². The van der Waals surface area contributed by atoms with E-state index >= 15 is 0 Å². The van der Waals surface area contributed by atoms with Crippen molar-refractivity contribution < 1.29 is 17.9 Å². The number of esters is 1.